The average molecular weight is 123 g/mol. The molecule has 0 fully saturated rings. The monoisotopic (exact) mass is 123 g/mol. The van der Waals surface area contributed by atoms with Crippen LogP contribution in [0.15, 0.2) is 5.34 Å². The van der Waals surface area contributed by atoms with Gasteiger partial charge in [0.15, 0.2) is 5.34 Å². The third-order valence-corrected chi connectivity index (χ3v) is 0.264. The minimum Gasteiger partial charge on any atom is -0.394 e. The largest absolute Gasteiger partial charge is 0.394 e. The molecule has 0 aliphatic rings. The Morgan fingerprint density at radius 1 is 1.75 bits per heavy atom. The molecule has 0 bridgehead atoms. The van der Waals surface area contributed by atoms with Crippen molar-refractivity contribution in [2.75, 3.05) is 6.61 Å². The molecule has 5 nitrogen and oxygen atoms in total. The summed E-state index contributed by atoms with van der Waals surface area (Å²) in [4.78, 5) is 8.11. The molecule has 0 saturated heterocycles. The lowest BCUT2D eigenvalue weighted by Gasteiger charge is -1.90. The molecule has 0 aromatic rings. The van der Waals surface area contributed by atoms with E-state index in [-0.39, 0.29) is 6.61 Å². The molecule has 0 aromatic carbocycles. The molecule has 1 unspecified atom stereocenters. The van der Waals surface area contributed by atoms with Crippen molar-refractivity contribution < 1.29 is 15.4 Å². The van der Waals surface area contributed by atoms with Crippen molar-refractivity contribution >= 4 is 0 Å². The Hall–Kier alpha value is -0.680. The van der Waals surface area contributed by atoms with Gasteiger partial charge >= 0.3 is 0 Å². The standard InChI is InChI=1S/C3H8O2.HNO2/c1-3(5)2-4;2-1-3/h3-5H,2H2,1H3;(H,2,3). The highest BCUT2D eigenvalue weighted by Crippen LogP contribution is 1.68. The van der Waals surface area contributed by atoms with E-state index >= 15 is 0 Å². The normalized spacial score (nSPS) is 10.9. The van der Waals surface area contributed by atoms with E-state index in [4.69, 9.17) is 20.3 Å². The van der Waals surface area contributed by atoms with Crippen LogP contribution in [0.1, 0.15) is 6.92 Å². The molecule has 8 heavy (non-hydrogen) atoms. The van der Waals surface area contributed by atoms with Gasteiger partial charge in [-0.05, 0) is 6.92 Å². The van der Waals surface area contributed by atoms with E-state index < -0.39 is 6.10 Å². The van der Waals surface area contributed by atoms with Gasteiger partial charge in [-0.2, -0.15) is 0 Å². The molecule has 3 N–H and O–H groups in total. The lowest BCUT2D eigenvalue weighted by molar-refractivity contribution is 0.110. The molecule has 0 heterocycles. The van der Waals surface area contributed by atoms with Crippen LogP contribution < -0.4 is 0 Å². The average Bonchev–Trinajstić information content (AvgIpc) is 1.69. The number of aliphatic hydroxyl groups excluding tert-OH is 2. The first-order chi connectivity index (χ1) is 3.68. The van der Waals surface area contributed by atoms with Gasteiger partial charge in [-0.15, -0.1) is 4.91 Å². The summed E-state index contributed by atoms with van der Waals surface area (Å²) in [5.41, 5.74) is 0. The number of hydrogen-bond donors (Lipinski definition) is 3. The Labute approximate surface area is 46.5 Å². The first kappa shape index (κ1) is 10.3. The minimum absolute atomic E-state index is 0.139. The Bertz CT molecular complexity index is 46.5. The highest BCUT2D eigenvalue weighted by atomic mass is 16.6. The lowest BCUT2D eigenvalue weighted by atomic mass is 10.5. The van der Waals surface area contributed by atoms with Gasteiger partial charge in [-0.3, -0.25) is 0 Å². The predicted octanol–water partition coefficient (Wildman–Crippen LogP) is -0.499. The van der Waals surface area contributed by atoms with Crippen molar-refractivity contribution in [3.05, 3.63) is 4.91 Å². The maximum Gasteiger partial charge on any atom is 0.152 e. The van der Waals surface area contributed by atoms with Crippen molar-refractivity contribution in [1.29, 1.82) is 0 Å². The van der Waals surface area contributed by atoms with Crippen LogP contribution in [0.5, 0.6) is 0 Å². The van der Waals surface area contributed by atoms with E-state index in [1.54, 1.807) is 0 Å². The summed E-state index contributed by atoms with van der Waals surface area (Å²) < 4.78 is 0. The van der Waals surface area contributed by atoms with Gasteiger partial charge in [-0.25, -0.2) is 0 Å². The fourth-order valence-corrected chi connectivity index (χ4v) is 0. The van der Waals surface area contributed by atoms with Gasteiger partial charge in [0.05, 0.1) is 12.7 Å². The molecular formula is C3H9NO4. The summed E-state index contributed by atoms with van der Waals surface area (Å²) >= 11 is 0. The Morgan fingerprint density at radius 2 is 1.88 bits per heavy atom. The molecule has 0 amide bonds. The zero-order valence-electron chi connectivity index (χ0n) is 4.48. The lowest BCUT2D eigenvalue weighted by Crippen LogP contribution is -2.03. The molecule has 5 heteroatoms. The molecule has 0 spiro atoms. The van der Waals surface area contributed by atoms with Crippen LogP contribution in [0.4, 0.5) is 0 Å². The zero-order chi connectivity index (χ0) is 6.99. The van der Waals surface area contributed by atoms with Gasteiger partial charge in [-0.1, -0.05) is 0 Å². The fraction of sp³-hybridized carbons (Fsp3) is 1.00. The van der Waals surface area contributed by atoms with E-state index in [2.05, 4.69) is 0 Å². The van der Waals surface area contributed by atoms with E-state index in [1.807, 2.05) is 0 Å². The predicted molar refractivity (Wildman–Crippen MR) is 26.3 cm³/mol. The maximum atomic E-state index is 8.11. The van der Waals surface area contributed by atoms with Gasteiger partial charge in [0.2, 0.25) is 0 Å². The third-order valence-electron chi connectivity index (χ3n) is 0.264. The highest BCUT2D eigenvalue weighted by Gasteiger charge is 1.83. The summed E-state index contributed by atoms with van der Waals surface area (Å²) in [5.74, 6) is 0. The van der Waals surface area contributed by atoms with Crippen LogP contribution in [0, 0.1) is 4.91 Å². The van der Waals surface area contributed by atoms with Gasteiger partial charge < -0.3 is 15.4 Å². The van der Waals surface area contributed by atoms with Crippen LogP contribution in [-0.4, -0.2) is 28.1 Å². The molecule has 0 aliphatic carbocycles. The van der Waals surface area contributed by atoms with Gasteiger partial charge in [0.25, 0.3) is 0 Å². The molecule has 0 saturated carbocycles. The third kappa shape index (κ3) is 57.0. The molecule has 0 aliphatic heterocycles. The summed E-state index contributed by atoms with van der Waals surface area (Å²) in [6, 6.07) is 0. The molecule has 50 valence electrons. The van der Waals surface area contributed by atoms with Crippen LogP contribution in [0.2, 0.25) is 0 Å². The van der Waals surface area contributed by atoms with E-state index in [0.717, 1.165) is 0 Å². The number of hydrogen-bond acceptors (Lipinski definition) is 4. The van der Waals surface area contributed by atoms with E-state index in [0.29, 0.717) is 0 Å². The van der Waals surface area contributed by atoms with Crippen molar-refractivity contribution in [2.45, 2.75) is 13.0 Å². The second kappa shape index (κ2) is 9.58. The zero-order valence-corrected chi connectivity index (χ0v) is 4.48. The first-order valence-electron chi connectivity index (χ1n) is 1.94. The van der Waals surface area contributed by atoms with Crippen molar-refractivity contribution in [2.24, 2.45) is 5.34 Å². The topological polar surface area (TPSA) is 90.1 Å². The van der Waals surface area contributed by atoms with Gasteiger partial charge in [0, 0.05) is 0 Å². The summed E-state index contributed by atoms with van der Waals surface area (Å²) in [7, 11) is 0. The Morgan fingerprint density at radius 3 is 1.88 bits per heavy atom. The molecule has 0 rings (SSSR count). The van der Waals surface area contributed by atoms with Crippen molar-refractivity contribution in [3.63, 3.8) is 0 Å². The molecule has 1 atom stereocenters. The molecular weight excluding hydrogens is 114 g/mol. The van der Waals surface area contributed by atoms with E-state index in [1.165, 1.54) is 12.3 Å². The summed E-state index contributed by atoms with van der Waals surface area (Å²) in [5, 5.41) is 23.9. The van der Waals surface area contributed by atoms with Crippen LogP contribution in [0.3, 0.4) is 0 Å². The second-order valence-electron chi connectivity index (χ2n) is 1.11. The number of aliphatic hydroxyl groups is 2. The first-order valence-corrected chi connectivity index (χ1v) is 1.94. The van der Waals surface area contributed by atoms with Crippen molar-refractivity contribution in [1.82, 2.24) is 0 Å². The second-order valence-corrected chi connectivity index (χ2v) is 1.11. The number of nitrogens with zero attached hydrogens (tertiary/aromatic N) is 1. The quantitative estimate of drug-likeness (QED) is 0.324. The van der Waals surface area contributed by atoms with Crippen LogP contribution in [-0.2, 0) is 0 Å². The molecule has 0 aromatic heterocycles. The minimum atomic E-state index is -0.560. The highest BCUT2D eigenvalue weighted by molar-refractivity contribution is 4.33. The Balaban J connectivity index is 0. The number of rotatable bonds is 1. The van der Waals surface area contributed by atoms with Crippen LogP contribution >= 0.6 is 0 Å². The maximum absolute atomic E-state index is 8.11. The van der Waals surface area contributed by atoms with E-state index in [9.17, 15) is 0 Å². The SMILES string of the molecule is CC(O)CO.O=NO. The fourth-order valence-electron chi connectivity index (χ4n) is 0. The van der Waals surface area contributed by atoms with Crippen molar-refractivity contribution in [3.8, 4) is 0 Å². The summed E-state index contributed by atoms with van der Waals surface area (Å²) in [6.07, 6.45) is -0.560. The van der Waals surface area contributed by atoms with Gasteiger partial charge in [0.1, 0.15) is 0 Å². The van der Waals surface area contributed by atoms with Crippen LogP contribution in [0.25, 0.3) is 0 Å². The smallest absolute Gasteiger partial charge is 0.152 e. The Kier molecular flexibility index (Phi) is 12.4. The molecule has 0 radical (unpaired) electrons. The summed E-state index contributed by atoms with van der Waals surface area (Å²) in [6.45, 7) is 1.39.